The highest BCUT2D eigenvalue weighted by Crippen LogP contribution is 2.17. The van der Waals surface area contributed by atoms with Crippen molar-refractivity contribution in [3.8, 4) is 0 Å². The molecule has 0 aliphatic heterocycles. The first kappa shape index (κ1) is 16.9. The summed E-state index contributed by atoms with van der Waals surface area (Å²) in [6.07, 6.45) is 0.847. The van der Waals surface area contributed by atoms with Crippen molar-refractivity contribution >= 4 is 23.7 Å². The maximum absolute atomic E-state index is 11.7. The first-order valence-corrected chi connectivity index (χ1v) is 8.31. The SMILES string of the molecule is O=C(NCCCSc1ccccc1)NNC(=O)c1ccccc1. The van der Waals surface area contributed by atoms with Crippen LogP contribution in [0.1, 0.15) is 16.8 Å². The Morgan fingerprint density at radius 1 is 0.870 bits per heavy atom. The number of carbonyl (C=O) groups excluding carboxylic acids is 2. The fourth-order valence-corrected chi connectivity index (χ4v) is 2.67. The molecule has 3 amide bonds. The number of urea groups is 1. The van der Waals surface area contributed by atoms with Gasteiger partial charge in [0.1, 0.15) is 0 Å². The molecule has 2 aromatic rings. The number of hydrazine groups is 1. The third-order valence-corrected chi connectivity index (χ3v) is 4.04. The number of benzene rings is 2. The summed E-state index contributed by atoms with van der Waals surface area (Å²) >= 11 is 1.75. The van der Waals surface area contributed by atoms with Crippen LogP contribution in [0.15, 0.2) is 65.6 Å². The van der Waals surface area contributed by atoms with Crippen LogP contribution >= 0.6 is 11.8 Å². The van der Waals surface area contributed by atoms with Gasteiger partial charge in [0.05, 0.1) is 0 Å². The molecule has 0 radical (unpaired) electrons. The van der Waals surface area contributed by atoms with Crippen LogP contribution in [0.4, 0.5) is 4.79 Å². The molecule has 6 heteroatoms. The Morgan fingerprint density at radius 2 is 1.52 bits per heavy atom. The molecule has 3 N–H and O–H groups in total. The number of hydrogen-bond donors (Lipinski definition) is 3. The van der Waals surface area contributed by atoms with Crippen LogP contribution in [0.25, 0.3) is 0 Å². The number of hydrogen-bond acceptors (Lipinski definition) is 3. The highest BCUT2D eigenvalue weighted by Gasteiger charge is 2.05. The summed E-state index contributed by atoms with van der Waals surface area (Å²) < 4.78 is 0. The first-order valence-electron chi connectivity index (χ1n) is 7.33. The van der Waals surface area contributed by atoms with Gasteiger partial charge in [-0.2, -0.15) is 0 Å². The quantitative estimate of drug-likeness (QED) is 0.433. The standard InChI is InChI=1S/C17H19N3O2S/c21-16(14-8-3-1-4-9-14)19-20-17(22)18-12-7-13-23-15-10-5-2-6-11-15/h1-6,8-11H,7,12-13H2,(H,19,21)(H2,18,20,22). The van der Waals surface area contributed by atoms with Crippen LogP contribution in [0, 0.1) is 0 Å². The second-order valence-corrected chi connectivity index (χ2v) is 5.88. The van der Waals surface area contributed by atoms with Crippen LogP contribution < -0.4 is 16.2 Å². The lowest BCUT2D eigenvalue weighted by Gasteiger charge is -2.09. The van der Waals surface area contributed by atoms with Crippen molar-refractivity contribution in [2.75, 3.05) is 12.3 Å². The highest BCUT2D eigenvalue weighted by atomic mass is 32.2. The second-order valence-electron chi connectivity index (χ2n) is 4.72. The van der Waals surface area contributed by atoms with Crippen molar-refractivity contribution in [2.24, 2.45) is 0 Å². The number of thioether (sulfide) groups is 1. The van der Waals surface area contributed by atoms with E-state index in [9.17, 15) is 9.59 Å². The highest BCUT2D eigenvalue weighted by molar-refractivity contribution is 7.99. The molecule has 0 fully saturated rings. The summed E-state index contributed by atoms with van der Waals surface area (Å²) in [5.74, 6) is 0.570. The van der Waals surface area contributed by atoms with E-state index in [0.717, 1.165) is 12.2 Å². The average Bonchev–Trinajstić information content (AvgIpc) is 2.61. The van der Waals surface area contributed by atoms with Crippen molar-refractivity contribution in [1.82, 2.24) is 16.2 Å². The third-order valence-electron chi connectivity index (χ3n) is 2.94. The number of rotatable bonds is 6. The largest absolute Gasteiger partial charge is 0.337 e. The van der Waals surface area contributed by atoms with Crippen LogP contribution in [0.2, 0.25) is 0 Å². The summed E-state index contributed by atoms with van der Waals surface area (Å²) in [5.41, 5.74) is 5.19. The topological polar surface area (TPSA) is 70.2 Å². The van der Waals surface area contributed by atoms with Crippen LogP contribution in [0.5, 0.6) is 0 Å². The van der Waals surface area contributed by atoms with E-state index in [2.05, 4.69) is 28.3 Å². The van der Waals surface area contributed by atoms with Gasteiger partial charge in [0.2, 0.25) is 0 Å². The molecule has 0 heterocycles. The summed E-state index contributed by atoms with van der Waals surface area (Å²) in [6, 6.07) is 18.4. The Kier molecular flexibility index (Phi) is 7.00. The molecule has 0 spiro atoms. The van der Waals surface area contributed by atoms with E-state index in [-0.39, 0.29) is 5.91 Å². The molecule has 0 unspecified atom stereocenters. The average molecular weight is 329 g/mol. The molecule has 0 aliphatic rings. The normalized spacial score (nSPS) is 9.91. The molecule has 0 atom stereocenters. The molecule has 2 rings (SSSR count). The van der Waals surface area contributed by atoms with Crippen LogP contribution in [-0.4, -0.2) is 24.2 Å². The number of amides is 3. The third kappa shape index (κ3) is 6.44. The van der Waals surface area contributed by atoms with Crippen LogP contribution in [0.3, 0.4) is 0 Å². The minimum atomic E-state index is -0.418. The Balaban J connectivity index is 1.56. The minimum absolute atomic E-state index is 0.347. The lowest BCUT2D eigenvalue weighted by Crippen LogP contribution is -2.47. The fraction of sp³-hybridized carbons (Fsp3) is 0.176. The molecule has 2 aromatic carbocycles. The van der Waals surface area contributed by atoms with Gasteiger partial charge < -0.3 is 5.32 Å². The van der Waals surface area contributed by atoms with Gasteiger partial charge in [-0.05, 0) is 36.4 Å². The smallest absolute Gasteiger partial charge is 0.333 e. The molecule has 23 heavy (non-hydrogen) atoms. The van der Waals surface area contributed by atoms with Gasteiger partial charge >= 0.3 is 6.03 Å². The number of carbonyl (C=O) groups is 2. The lowest BCUT2D eigenvalue weighted by atomic mass is 10.2. The number of nitrogens with one attached hydrogen (secondary N) is 3. The van der Waals surface area contributed by atoms with E-state index in [0.29, 0.717) is 12.1 Å². The van der Waals surface area contributed by atoms with E-state index in [1.54, 1.807) is 36.0 Å². The summed E-state index contributed by atoms with van der Waals surface area (Å²) in [7, 11) is 0. The second kappa shape index (κ2) is 9.53. The minimum Gasteiger partial charge on any atom is -0.337 e. The molecule has 0 aromatic heterocycles. The summed E-state index contributed by atoms with van der Waals surface area (Å²) in [4.78, 5) is 24.5. The molecule has 0 saturated carbocycles. The van der Waals surface area contributed by atoms with E-state index in [1.807, 2.05) is 24.3 Å². The molecule has 0 aliphatic carbocycles. The summed E-state index contributed by atoms with van der Waals surface area (Å²) in [5, 5.41) is 2.70. The molecular formula is C17H19N3O2S. The van der Waals surface area contributed by atoms with Gasteiger partial charge in [0.15, 0.2) is 0 Å². The van der Waals surface area contributed by atoms with E-state index >= 15 is 0 Å². The van der Waals surface area contributed by atoms with Crippen LogP contribution in [-0.2, 0) is 0 Å². The zero-order valence-electron chi connectivity index (χ0n) is 12.6. The van der Waals surface area contributed by atoms with E-state index in [1.165, 1.54) is 4.90 Å². The Bertz CT molecular complexity index is 620. The van der Waals surface area contributed by atoms with Gasteiger partial charge in [0, 0.05) is 17.0 Å². The zero-order chi connectivity index (χ0) is 16.3. The van der Waals surface area contributed by atoms with Crippen molar-refractivity contribution in [2.45, 2.75) is 11.3 Å². The van der Waals surface area contributed by atoms with Crippen molar-refractivity contribution in [1.29, 1.82) is 0 Å². The fourth-order valence-electron chi connectivity index (χ4n) is 1.80. The van der Waals surface area contributed by atoms with Gasteiger partial charge in [0.25, 0.3) is 5.91 Å². The van der Waals surface area contributed by atoms with E-state index < -0.39 is 6.03 Å². The van der Waals surface area contributed by atoms with Gasteiger partial charge in [-0.25, -0.2) is 10.2 Å². The molecule has 120 valence electrons. The predicted octanol–water partition coefficient (Wildman–Crippen LogP) is 2.81. The molecule has 0 bridgehead atoms. The van der Waals surface area contributed by atoms with Crippen molar-refractivity contribution < 1.29 is 9.59 Å². The zero-order valence-corrected chi connectivity index (χ0v) is 13.4. The van der Waals surface area contributed by atoms with Crippen molar-refractivity contribution in [3.05, 3.63) is 66.2 Å². The lowest BCUT2D eigenvalue weighted by molar-refractivity contribution is 0.0936. The Labute approximate surface area is 139 Å². The Hall–Kier alpha value is -2.47. The molecular weight excluding hydrogens is 310 g/mol. The first-order chi connectivity index (χ1) is 11.3. The van der Waals surface area contributed by atoms with Gasteiger partial charge in [-0.1, -0.05) is 36.4 Å². The molecule has 5 nitrogen and oxygen atoms in total. The van der Waals surface area contributed by atoms with Gasteiger partial charge in [-0.3, -0.25) is 10.2 Å². The summed E-state index contributed by atoms with van der Waals surface area (Å²) in [6.45, 7) is 0.548. The van der Waals surface area contributed by atoms with Crippen molar-refractivity contribution in [3.63, 3.8) is 0 Å². The van der Waals surface area contributed by atoms with E-state index in [4.69, 9.17) is 0 Å². The predicted molar refractivity (Wildman–Crippen MR) is 92.2 cm³/mol. The molecule has 0 saturated heterocycles. The maximum atomic E-state index is 11.7. The Morgan fingerprint density at radius 3 is 2.22 bits per heavy atom. The monoisotopic (exact) mass is 329 g/mol. The van der Waals surface area contributed by atoms with Gasteiger partial charge in [-0.15, -0.1) is 11.8 Å². The maximum Gasteiger partial charge on any atom is 0.333 e.